The number of H-pyrrole nitrogens is 1. The number of amides is 1. The van der Waals surface area contributed by atoms with Crippen LogP contribution in [0.2, 0.25) is 0 Å². The van der Waals surface area contributed by atoms with Gasteiger partial charge in [-0.05, 0) is 36.4 Å². The lowest BCUT2D eigenvalue weighted by molar-refractivity contribution is -0.112. The summed E-state index contributed by atoms with van der Waals surface area (Å²) in [5.41, 5.74) is 8.15. The van der Waals surface area contributed by atoms with Gasteiger partial charge < -0.3 is 16.0 Å². The van der Waals surface area contributed by atoms with Crippen molar-refractivity contribution in [1.29, 1.82) is 0 Å². The summed E-state index contributed by atoms with van der Waals surface area (Å²) in [6.45, 7) is 0. The van der Waals surface area contributed by atoms with Gasteiger partial charge in [-0.15, -0.1) is 0 Å². The summed E-state index contributed by atoms with van der Waals surface area (Å²) in [6, 6.07) is 9.27. The van der Waals surface area contributed by atoms with E-state index in [2.05, 4.69) is 10.3 Å². The van der Waals surface area contributed by atoms with Crippen LogP contribution in [0, 0.1) is 0 Å². The van der Waals surface area contributed by atoms with Crippen LogP contribution in [0.4, 0.5) is 11.4 Å². The fourth-order valence-electron chi connectivity index (χ4n) is 1.75. The van der Waals surface area contributed by atoms with Crippen LogP contribution >= 0.6 is 11.8 Å². The minimum Gasteiger partial charge on any atom is -0.399 e. The molecule has 0 aliphatic carbocycles. The summed E-state index contributed by atoms with van der Waals surface area (Å²) in [5.74, 6) is -0.0909. The number of hydrogen-bond acceptors (Lipinski definition) is 3. The van der Waals surface area contributed by atoms with Gasteiger partial charge in [0.15, 0.2) is 0 Å². The molecule has 90 valence electrons. The second-order valence-electron chi connectivity index (χ2n) is 3.95. The minimum atomic E-state index is -0.0909. The van der Waals surface area contributed by atoms with E-state index in [9.17, 15) is 4.79 Å². The number of nitrogens with two attached hydrogens (primary N) is 1. The van der Waals surface area contributed by atoms with E-state index in [4.69, 9.17) is 5.73 Å². The Morgan fingerprint density at radius 1 is 1.28 bits per heavy atom. The quantitative estimate of drug-likeness (QED) is 0.543. The van der Waals surface area contributed by atoms with E-state index in [1.54, 1.807) is 6.07 Å². The molecule has 1 aromatic carbocycles. The molecule has 0 spiro atoms. The molecule has 5 heteroatoms. The first kappa shape index (κ1) is 11.0. The van der Waals surface area contributed by atoms with Gasteiger partial charge in [-0.2, -0.15) is 0 Å². The summed E-state index contributed by atoms with van der Waals surface area (Å²) < 4.78 is 0. The Kier molecular flexibility index (Phi) is 2.60. The van der Waals surface area contributed by atoms with Crippen molar-refractivity contribution in [3.63, 3.8) is 0 Å². The number of aromatic nitrogens is 1. The number of anilines is 2. The number of carbonyl (C=O) groups excluding carboxylic acids is 1. The molecule has 3 rings (SSSR count). The Balaban J connectivity index is 1.98. The van der Waals surface area contributed by atoms with E-state index >= 15 is 0 Å². The molecule has 18 heavy (non-hydrogen) atoms. The summed E-state index contributed by atoms with van der Waals surface area (Å²) in [4.78, 5) is 16.6. The lowest BCUT2D eigenvalue weighted by Gasteiger charge is -2.18. The van der Waals surface area contributed by atoms with Crippen LogP contribution in [0.25, 0.3) is 6.08 Å². The molecule has 0 fully saturated rings. The molecule has 0 bridgehead atoms. The third kappa shape index (κ3) is 2.00. The molecule has 1 aliphatic heterocycles. The van der Waals surface area contributed by atoms with Crippen LogP contribution in [0.1, 0.15) is 5.69 Å². The van der Waals surface area contributed by atoms with Crippen LogP contribution in [-0.4, -0.2) is 10.9 Å². The highest BCUT2D eigenvalue weighted by Crippen LogP contribution is 2.39. The van der Waals surface area contributed by atoms with Crippen LogP contribution in [0.5, 0.6) is 0 Å². The monoisotopic (exact) mass is 257 g/mol. The number of benzene rings is 1. The molecule has 0 saturated heterocycles. The van der Waals surface area contributed by atoms with Gasteiger partial charge in [-0.25, -0.2) is 0 Å². The highest BCUT2D eigenvalue weighted by molar-refractivity contribution is 8.04. The van der Waals surface area contributed by atoms with E-state index in [-0.39, 0.29) is 5.91 Å². The SMILES string of the molecule is Nc1ccc2c(c1)S/C(=C\c1ccc[nH]1)C(=O)N2. The second-order valence-corrected chi connectivity index (χ2v) is 5.03. The van der Waals surface area contributed by atoms with Gasteiger partial charge in [0.05, 0.1) is 10.6 Å². The predicted molar refractivity (Wildman–Crippen MR) is 74.1 cm³/mol. The summed E-state index contributed by atoms with van der Waals surface area (Å²) >= 11 is 1.43. The first-order chi connectivity index (χ1) is 8.72. The van der Waals surface area contributed by atoms with Crippen LogP contribution in [0.3, 0.4) is 0 Å². The van der Waals surface area contributed by atoms with Gasteiger partial charge in [0.1, 0.15) is 0 Å². The maximum atomic E-state index is 11.9. The highest BCUT2D eigenvalue weighted by Gasteiger charge is 2.21. The Morgan fingerprint density at radius 3 is 2.94 bits per heavy atom. The van der Waals surface area contributed by atoms with Gasteiger partial charge in [0.2, 0.25) is 0 Å². The molecule has 0 radical (unpaired) electrons. The van der Waals surface area contributed by atoms with E-state index in [1.807, 2.05) is 36.5 Å². The van der Waals surface area contributed by atoms with Crippen LogP contribution in [0.15, 0.2) is 46.3 Å². The number of carbonyl (C=O) groups is 1. The molecule has 1 aromatic heterocycles. The number of rotatable bonds is 1. The average molecular weight is 257 g/mol. The number of thioether (sulfide) groups is 1. The third-order valence-electron chi connectivity index (χ3n) is 2.61. The zero-order chi connectivity index (χ0) is 12.5. The van der Waals surface area contributed by atoms with Crippen molar-refractivity contribution in [3.05, 3.63) is 47.1 Å². The molecule has 4 N–H and O–H groups in total. The first-order valence-corrected chi connectivity index (χ1v) is 6.28. The van der Waals surface area contributed by atoms with Crippen molar-refractivity contribution in [2.45, 2.75) is 4.90 Å². The smallest absolute Gasteiger partial charge is 0.262 e. The Bertz CT molecular complexity index is 632. The van der Waals surface area contributed by atoms with E-state index < -0.39 is 0 Å². The molecule has 2 aromatic rings. The van der Waals surface area contributed by atoms with Crippen molar-refractivity contribution in [1.82, 2.24) is 4.98 Å². The molecule has 0 saturated carbocycles. The third-order valence-corrected chi connectivity index (χ3v) is 3.69. The molecule has 2 heterocycles. The molecular formula is C13H11N3OS. The maximum Gasteiger partial charge on any atom is 0.262 e. The fraction of sp³-hybridized carbons (Fsp3) is 0. The van der Waals surface area contributed by atoms with Gasteiger partial charge in [0.25, 0.3) is 5.91 Å². The van der Waals surface area contributed by atoms with E-state index in [0.29, 0.717) is 10.6 Å². The zero-order valence-corrected chi connectivity index (χ0v) is 10.3. The second kappa shape index (κ2) is 4.27. The number of fused-ring (bicyclic) bond motifs is 1. The van der Waals surface area contributed by atoms with Crippen molar-refractivity contribution < 1.29 is 4.79 Å². The maximum absolute atomic E-state index is 11.9. The number of aromatic amines is 1. The lowest BCUT2D eigenvalue weighted by Crippen LogP contribution is -2.17. The zero-order valence-electron chi connectivity index (χ0n) is 9.44. The number of nitrogen functional groups attached to an aromatic ring is 1. The Morgan fingerprint density at radius 2 is 2.17 bits per heavy atom. The molecule has 1 amide bonds. The van der Waals surface area contributed by atoms with Crippen LogP contribution in [-0.2, 0) is 4.79 Å². The first-order valence-electron chi connectivity index (χ1n) is 5.46. The minimum absolute atomic E-state index is 0.0909. The molecular weight excluding hydrogens is 246 g/mol. The molecule has 0 unspecified atom stereocenters. The molecule has 1 aliphatic rings. The summed E-state index contributed by atoms with van der Waals surface area (Å²) in [6.07, 6.45) is 3.65. The van der Waals surface area contributed by atoms with E-state index in [1.165, 1.54) is 11.8 Å². The topological polar surface area (TPSA) is 70.9 Å². The standard InChI is InChI=1S/C13H11N3OS/c14-8-3-4-10-11(6-8)18-12(13(17)16-10)7-9-2-1-5-15-9/h1-7,15H,14H2,(H,16,17)/b12-7-. The van der Waals surface area contributed by atoms with Crippen molar-refractivity contribution in [2.75, 3.05) is 11.1 Å². The van der Waals surface area contributed by atoms with E-state index in [0.717, 1.165) is 16.3 Å². The summed E-state index contributed by atoms with van der Waals surface area (Å²) in [5, 5.41) is 2.85. The Hall–Kier alpha value is -2.14. The number of hydrogen-bond donors (Lipinski definition) is 3. The van der Waals surface area contributed by atoms with Crippen molar-refractivity contribution in [3.8, 4) is 0 Å². The predicted octanol–water partition coefficient (Wildman–Crippen LogP) is 2.68. The normalized spacial score (nSPS) is 16.4. The number of nitrogens with one attached hydrogen (secondary N) is 2. The molecule has 0 atom stereocenters. The van der Waals surface area contributed by atoms with Gasteiger partial charge >= 0.3 is 0 Å². The molecule has 4 nitrogen and oxygen atoms in total. The summed E-state index contributed by atoms with van der Waals surface area (Å²) in [7, 11) is 0. The van der Waals surface area contributed by atoms with Gasteiger partial charge in [-0.1, -0.05) is 11.8 Å². The highest BCUT2D eigenvalue weighted by atomic mass is 32.2. The average Bonchev–Trinajstić information content (AvgIpc) is 2.83. The van der Waals surface area contributed by atoms with Gasteiger partial charge in [-0.3, -0.25) is 4.79 Å². The largest absolute Gasteiger partial charge is 0.399 e. The van der Waals surface area contributed by atoms with Crippen molar-refractivity contribution >= 4 is 35.1 Å². The van der Waals surface area contributed by atoms with Crippen molar-refractivity contribution in [2.24, 2.45) is 0 Å². The fourth-order valence-corrected chi connectivity index (χ4v) is 2.74. The lowest BCUT2D eigenvalue weighted by atomic mass is 10.2. The van der Waals surface area contributed by atoms with Crippen LogP contribution < -0.4 is 11.1 Å². The Labute approximate surface area is 108 Å². The van der Waals surface area contributed by atoms with Gasteiger partial charge in [0, 0.05) is 22.5 Å².